The zero-order valence-electron chi connectivity index (χ0n) is 28.3. The van der Waals surface area contributed by atoms with Crippen molar-refractivity contribution >= 4 is 29.7 Å². The molecule has 0 aromatic heterocycles. The summed E-state index contributed by atoms with van der Waals surface area (Å²) in [5.41, 5.74) is 5.60. The van der Waals surface area contributed by atoms with Crippen molar-refractivity contribution in [3.63, 3.8) is 0 Å². The fourth-order valence-electron chi connectivity index (χ4n) is 6.04. The molecule has 0 unspecified atom stereocenters. The van der Waals surface area contributed by atoms with Gasteiger partial charge in [0.25, 0.3) is 0 Å². The van der Waals surface area contributed by atoms with E-state index >= 15 is 0 Å². The van der Waals surface area contributed by atoms with Crippen molar-refractivity contribution in [1.29, 1.82) is 0 Å². The first-order valence-corrected chi connectivity index (χ1v) is 16.9. The topological polar surface area (TPSA) is 181 Å². The number of hydrogen-bond acceptors (Lipinski definition) is 8. The van der Waals surface area contributed by atoms with Crippen LogP contribution in [0.2, 0.25) is 0 Å². The van der Waals surface area contributed by atoms with E-state index in [4.69, 9.17) is 15.2 Å². The monoisotopic (exact) mass is 658 g/mol. The standard InChI is InChI=1S/C34H54N6O7/c1-23(37-33(45)47-34(2,3)4)29(41)39-28(25-14-9-6-10-15-25)32(44)40-19-11-16-27(40)31(43)38-26(22-24-12-7-5-8-13-24)30(42)36-18-21-46-20-17-35/h5,7-8,12-13,23,25-28H,6,9-11,14-22,35H2,1-4H3,(H,36,42)(H,37,45)(H,38,43)(H,39,41)/t23-,26-,27-,28-/m0/s1. The molecule has 3 rings (SSSR count). The Morgan fingerprint density at radius 2 is 1.62 bits per heavy atom. The Morgan fingerprint density at radius 3 is 2.28 bits per heavy atom. The molecule has 0 spiro atoms. The van der Waals surface area contributed by atoms with E-state index in [1.54, 1.807) is 25.7 Å². The van der Waals surface area contributed by atoms with E-state index in [1.807, 2.05) is 30.3 Å². The molecule has 1 aliphatic heterocycles. The molecule has 13 heteroatoms. The average Bonchev–Trinajstić information content (AvgIpc) is 3.53. The number of carbonyl (C=O) groups is 5. The summed E-state index contributed by atoms with van der Waals surface area (Å²) in [4.78, 5) is 68.3. The Balaban J connectivity index is 1.72. The molecule has 1 heterocycles. The van der Waals surface area contributed by atoms with Crippen LogP contribution in [0.5, 0.6) is 0 Å². The number of likely N-dealkylation sites (tertiary alicyclic amines) is 1. The summed E-state index contributed by atoms with van der Waals surface area (Å²) in [6, 6.07) is 5.94. The third-order valence-corrected chi connectivity index (χ3v) is 8.37. The first kappa shape index (κ1) is 37.7. The summed E-state index contributed by atoms with van der Waals surface area (Å²) in [7, 11) is 0. The van der Waals surface area contributed by atoms with Gasteiger partial charge in [-0.2, -0.15) is 0 Å². The van der Waals surface area contributed by atoms with Crippen LogP contribution in [0, 0.1) is 5.92 Å². The van der Waals surface area contributed by atoms with Gasteiger partial charge in [0.05, 0.1) is 13.2 Å². The molecule has 47 heavy (non-hydrogen) atoms. The molecule has 5 amide bonds. The van der Waals surface area contributed by atoms with Gasteiger partial charge in [-0.05, 0) is 64.9 Å². The molecule has 1 aromatic rings. The molecule has 1 saturated carbocycles. The van der Waals surface area contributed by atoms with Gasteiger partial charge in [0.1, 0.15) is 29.8 Å². The number of benzene rings is 1. The number of carbonyl (C=O) groups excluding carboxylic acids is 5. The predicted molar refractivity (Wildman–Crippen MR) is 177 cm³/mol. The summed E-state index contributed by atoms with van der Waals surface area (Å²) in [5, 5.41) is 11.2. The number of hydrogen-bond donors (Lipinski definition) is 5. The van der Waals surface area contributed by atoms with Crippen LogP contribution >= 0.6 is 0 Å². The second kappa shape index (κ2) is 18.6. The van der Waals surface area contributed by atoms with E-state index in [0.717, 1.165) is 37.7 Å². The molecule has 1 saturated heterocycles. The minimum Gasteiger partial charge on any atom is -0.444 e. The largest absolute Gasteiger partial charge is 0.444 e. The van der Waals surface area contributed by atoms with E-state index in [-0.39, 0.29) is 30.7 Å². The van der Waals surface area contributed by atoms with Crippen LogP contribution in [-0.2, 0) is 35.1 Å². The molecule has 0 radical (unpaired) electrons. The third kappa shape index (κ3) is 12.4. The zero-order valence-corrected chi connectivity index (χ0v) is 28.3. The van der Waals surface area contributed by atoms with E-state index in [2.05, 4.69) is 21.3 Å². The Morgan fingerprint density at radius 1 is 0.915 bits per heavy atom. The van der Waals surface area contributed by atoms with Crippen LogP contribution in [0.25, 0.3) is 0 Å². The lowest BCUT2D eigenvalue weighted by molar-refractivity contribution is -0.143. The fraction of sp³-hybridized carbons (Fsp3) is 0.676. The van der Waals surface area contributed by atoms with Crippen LogP contribution < -0.4 is 27.0 Å². The summed E-state index contributed by atoms with van der Waals surface area (Å²) in [6.07, 6.45) is 5.06. The lowest BCUT2D eigenvalue weighted by Gasteiger charge is -2.35. The molecule has 1 aliphatic carbocycles. The van der Waals surface area contributed by atoms with Crippen LogP contribution in [0.1, 0.15) is 78.2 Å². The summed E-state index contributed by atoms with van der Waals surface area (Å²) in [6.45, 7) is 8.40. The van der Waals surface area contributed by atoms with Crippen molar-refractivity contribution < 1.29 is 33.4 Å². The quantitative estimate of drug-likeness (QED) is 0.177. The minimum atomic E-state index is -0.945. The lowest BCUT2D eigenvalue weighted by atomic mass is 9.83. The molecule has 0 bridgehead atoms. The molecule has 1 aromatic carbocycles. The summed E-state index contributed by atoms with van der Waals surface area (Å²) in [5.74, 6) is -1.70. The Hall–Kier alpha value is -3.71. The van der Waals surface area contributed by atoms with Crippen molar-refractivity contribution in [3.8, 4) is 0 Å². The van der Waals surface area contributed by atoms with Crippen molar-refractivity contribution in [3.05, 3.63) is 35.9 Å². The van der Waals surface area contributed by atoms with Crippen molar-refractivity contribution in [2.24, 2.45) is 11.7 Å². The highest BCUT2D eigenvalue weighted by Gasteiger charge is 2.42. The van der Waals surface area contributed by atoms with Gasteiger partial charge < -0.3 is 41.4 Å². The number of nitrogens with zero attached hydrogens (tertiary/aromatic N) is 1. The Bertz CT molecular complexity index is 1190. The number of nitrogens with two attached hydrogens (primary N) is 1. The molecule has 2 aliphatic rings. The summed E-state index contributed by atoms with van der Waals surface area (Å²) >= 11 is 0. The second-order valence-corrected chi connectivity index (χ2v) is 13.4. The smallest absolute Gasteiger partial charge is 0.408 e. The number of nitrogens with one attached hydrogen (secondary N) is 4. The van der Waals surface area contributed by atoms with Crippen molar-refractivity contribution in [2.75, 3.05) is 32.8 Å². The SMILES string of the molecule is C[C@H](NC(=O)OC(C)(C)C)C(=O)N[C@H](C(=O)N1CCC[C@H]1C(=O)N[C@@H](Cc1ccccc1)C(=O)NCCOCCN)C1CCCCC1. The lowest BCUT2D eigenvalue weighted by Crippen LogP contribution is -2.59. The predicted octanol–water partition coefficient (Wildman–Crippen LogP) is 1.77. The van der Waals surface area contributed by atoms with Crippen molar-refractivity contribution in [1.82, 2.24) is 26.2 Å². The van der Waals surface area contributed by atoms with Crippen molar-refractivity contribution in [2.45, 2.75) is 109 Å². The molecule has 262 valence electrons. The second-order valence-electron chi connectivity index (χ2n) is 13.4. The molecular formula is C34H54N6O7. The maximum Gasteiger partial charge on any atom is 0.408 e. The highest BCUT2D eigenvalue weighted by Crippen LogP contribution is 2.29. The first-order valence-electron chi connectivity index (χ1n) is 16.9. The highest BCUT2D eigenvalue weighted by molar-refractivity contribution is 5.95. The van der Waals surface area contributed by atoms with Gasteiger partial charge >= 0.3 is 6.09 Å². The normalized spacial score (nSPS) is 18.8. The van der Waals surface area contributed by atoms with E-state index in [1.165, 1.54) is 6.92 Å². The van der Waals surface area contributed by atoms with Gasteiger partial charge in [-0.1, -0.05) is 49.6 Å². The average molecular weight is 659 g/mol. The zero-order chi connectivity index (χ0) is 34.4. The van der Waals surface area contributed by atoms with Crippen LogP contribution in [0.15, 0.2) is 30.3 Å². The maximum absolute atomic E-state index is 14.2. The highest BCUT2D eigenvalue weighted by atomic mass is 16.6. The van der Waals surface area contributed by atoms with Gasteiger partial charge in [0.15, 0.2) is 0 Å². The number of alkyl carbamates (subject to hydrolysis) is 1. The summed E-state index contributed by atoms with van der Waals surface area (Å²) < 4.78 is 10.6. The number of ether oxygens (including phenoxy) is 2. The van der Waals surface area contributed by atoms with Crippen LogP contribution in [-0.4, -0.2) is 97.2 Å². The minimum absolute atomic E-state index is 0.101. The van der Waals surface area contributed by atoms with Crippen LogP contribution in [0.4, 0.5) is 4.79 Å². The number of rotatable bonds is 15. The van der Waals surface area contributed by atoms with E-state index in [0.29, 0.717) is 39.1 Å². The first-order chi connectivity index (χ1) is 22.4. The Kier molecular flexibility index (Phi) is 14.9. The van der Waals surface area contributed by atoms with Gasteiger partial charge in [0, 0.05) is 26.1 Å². The molecule has 2 fully saturated rings. The van der Waals surface area contributed by atoms with Gasteiger partial charge in [0.2, 0.25) is 23.6 Å². The van der Waals surface area contributed by atoms with Gasteiger partial charge in [-0.3, -0.25) is 19.2 Å². The van der Waals surface area contributed by atoms with E-state index in [9.17, 15) is 24.0 Å². The molecular weight excluding hydrogens is 604 g/mol. The maximum atomic E-state index is 14.2. The molecule has 13 nitrogen and oxygen atoms in total. The Labute approximate surface area is 278 Å². The molecule has 6 N–H and O–H groups in total. The van der Waals surface area contributed by atoms with E-state index < -0.39 is 47.7 Å². The molecule has 4 atom stereocenters. The van der Waals surface area contributed by atoms with Gasteiger partial charge in [-0.15, -0.1) is 0 Å². The third-order valence-electron chi connectivity index (χ3n) is 8.37. The fourth-order valence-corrected chi connectivity index (χ4v) is 6.04. The number of amides is 5. The van der Waals surface area contributed by atoms with Gasteiger partial charge in [-0.25, -0.2) is 4.79 Å². The van der Waals surface area contributed by atoms with Crippen LogP contribution in [0.3, 0.4) is 0 Å².